The lowest BCUT2D eigenvalue weighted by molar-refractivity contribution is 0.436. The molecule has 2 aliphatic carbocycles. The first kappa shape index (κ1) is 19.4. The van der Waals surface area contributed by atoms with Gasteiger partial charge < -0.3 is 20.7 Å². The molecule has 1 aromatic carbocycles. The van der Waals surface area contributed by atoms with Crippen molar-refractivity contribution in [3.05, 3.63) is 53.7 Å². The maximum Gasteiger partial charge on any atom is 0.324 e. The van der Waals surface area contributed by atoms with Crippen molar-refractivity contribution < 1.29 is 9.13 Å². The molecule has 6 rings (SSSR count). The molecule has 0 radical (unpaired) electrons. The van der Waals surface area contributed by atoms with Crippen LogP contribution in [-0.4, -0.2) is 40.6 Å². The van der Waals surface area contributed by atoms with Crippen LogP contribution in [0.3, 0.4) is 0 Å². The zero-order chi connectivity index (χ0) is 21.9. The van der Waals surface area contributed by atoms with Crippen molar-refractivity contribution >= 4 is 11.5 Å². The van der Waals surface area contributed by atoms with Gasteiger partial charge in [-0.3, -0.25) is 4.98 Å². The summed E-state index contributed by atoms with van der Waals surface area (Å²) in [6.45, 7) is 1.71. The number of rotatable bonds is 5. The molecule has 0 amide bonds. The second-order valence-electron chi connectivity index (χ2n) is 9.01. The largest absolute Gasteiger partial charge is 0.423 e. The van der Waals surface area contributed by atoms with Gasteiger partial charge in [0.1, 0.15) is 17.4 Å². The Labute approximate surface area is 185 Å². The van der Waals surface area contributed by atoms with E-state index < -0.39 is 0 Å². The summed E-state index contributed by atoms with van der Waals surface area (Å²) >= 11 is 0. The fraction of sp³-hybridized carbons (Fsp3) is 0.375. The smallest absolute Gasteiger partial charge is 0.324 e. The molecule has 1 saturated carbocycles. The van der Waals surface area contributed by atoms with Gasteiger partial charge in [-0.1, -0.05) is 0 Å². The van der Waals surface area contributed by atoms with Gasteiger partial charge >= 0.3 is 6.01 Å². The normalized spacial score (nSPS) is 20.1. The molecule has 8 heteroatoms. The number of pyridine rings is 1. The zero-order valence-electron chi connectivity index (χ0n) is 17.9. The van der Waals surface area contributed by atoms with Gasteiger partial charge in [0, 0.05) is 49.5 Å². The molecule has 0 bridgehead atoms. The lowest BCUT2D eigenvalue weighted by Gasteiger charge is -2.23. The first-order valence-electron chi connectivity index (χ1n) is 11.1. The van der Waals surface area contributed by atoms with Crippen LogP contribution in [0.25, 0.3) is 11.1 Å². The fourth-order valence-electron chi connectivity index (χ4n) is 5.08. The number of anilines is 2. The number of nitrogens with two attached hydrogens (primary N) is 1. The Balaban J connectivity index is 1.45. The first-order chi connectivity index (χ1) is 15.5. The highest BCUT2D eigenvalue weighted by atomic mass is 19.1. The van der Waals surface area contributed by atoms with E-state index in [0.29, 0.717) is 18.1 Å². The van der Waals surface area contributed by atoms with E-state index in [2.05, 4.69) is 15.2 Å². The summed E-state index contributed by atoms with van der Waals surface area (Å²) in [5, 5.41) is 3.12. The summed E-state index contributed by atoms with van der Waals surface area (Å²) in [5.41, 5.74) is 10.9. The fourth-order valence-corrected chi connectivity index (χ4v) is 5.08. The van der Waals surface area contributed by atoms with Gasteiger partial charge in [-0.05, 0) is 60.6 Å². The van der Waals surface area contributed by atoms with Crippen LogP contribution in [0.2, 0.25) is 0 Å². The van der Waals surface area contributed by atoms with E-state index in [1.165, 1.54) is 6.07 Å². The highest BCUT2D eigenvalue weighted by molar-refractivity contribution is 5.88. The molecule has 3 heterocycles. The highest BCUT2D eigenvalue weighted by Crippen LogP contribution is 2.48. The minimum atomic E-state index is -0.277. The lowest BCUT2D eigenvalue weighted by atomic mass is 9.97. The van der Waals surface area contributed by atoms with E-state index >= 15 is 0 Å². The van der Waals surface area contributed by atoms with Crippen LogP contribution < -0.4 is 20.7 Å². The van der Waals surface area contributed by atoms with E-state index in [1.54, 1.807) is 18.5 Å². The van der Waals surface area contributed by atoms with Gasteiger partial charge in [0.15, 0.2) is 0 Å². The Hall–Kier alpha value is -3.26. The number of nitrogens with zero attached hydrogens (tertiary/aromatic N) is 4. The van der Waals surface area contributed by atoms with Gasteiger partial charge in [-0.25, -0.2) is 4.39 Å². The molecular formula is C24H25FN6O. The third-order valence-corrected chi connectivity index (χ3v) is 7.01. The van der Waals surface area contributed by atoms with Crippen molar-refractivity contribution in [2.24, 2.45) is 11.7 Å². The highest BCUT2D eigenvalue weighted by Gasteiger charge is 2.48. The molecule has 2 aromatic heterocycles. The molecule has 164 valence electrons. The summed E-state index contributed by atoms with van der Waals surface area (Å²) in [7, 11) is 1.81. The molecule has 7 nitrogen and oxygen atoms in total. The molecule has 2 fully saturated rings. The summed E-state index contributed by atoms with van der Waals surface area (Å²) in [6.07, 6.45) is 7.13. The predicted octanol–water partition coefficient (Wildman–Crippen LogP) is 3.73. The van der Waals surface area contributed by atoms with E-state index in [9.17, 15) is 4.39 Å². The van der Waals surface area contributed by atoms with E-state index in [-0.39, 0.29) is 17.4 Å². The summed E-state index contributed by atoms with van der Waals surface area (Å²) in [5.74, 6) is 1.54. The molecule has 3 aliphatic rings. The van der Waals surface area contributed by atoms with E-state index in [4.69, 9.17) is 20.4 Å². The minimum Gasteiger partial charge on any atom is -0.423 e. The van der Waals surface area contributed by atoms with Crippen LogP contribution >= 0.6 is 0 Å². The number of aromatic nitrogens is 3. The third kappa shape index (κ3) is 3.17. The molecule has 1 unspecified atom stereocenters. The van der Waals surface area contributed by atoms with Gasteiger partial charge in [-0.2, -0.15) is 9.97 Å². The number of hydrogen-bond acceptors (Lipinski definition) is 7. The first-order valence-corrected chi connectivity index (χ1v) is 11.1. The number of hydrogen-bond donors (Lipinski definition) is 2. The summed E-state index contributed by atoms with van der Waals surface area (Å²) in [6, 6.07) is 7.03. The van der Waals surface area contributed by atoms with Crippen LogP contribution in [0.1, 0.15) is 30.5 Å². The molecule has 1 saturated heterocycles. The van der Waals surface area contributed by atoms with Crippen molar-refractivity contribution in [2.45, 2.75) is 31.2 Å². The molecule has 32 heavy (non-hydrogen) atoms. The van der Waals surface area contributed by atoms with Crippen molar-refractivity contribution in [2.75, 3.05) is 30.4 Å². The monoisotopic (exact) mass is 432 g/mol. The van der Waals surface area contributed by atoms with Crippen molar-refractivity contribution in [1.82, 2.24) is 15.0 Å². The number of fused-ring (bicyclic) bond motifs is 3. The Morgan fingerprint density at radius 1 is 1.28 bits per heavy atom. The quantitative estimate of drug-likeness (QED) is 0.497. The number of ether oxygens (including phenoxy) is 1. The van der Waals surface area contributed by atoms with Gasteiger partial charge in [-0.15, -0.1) is 0 Å². The molecule has 3 N–H and O–H groups in total. The van der Waals surface area contributed by atoms with Crippen LogP contribution in [-0.2, 0) is 6.42 Å². The minimum absolute atomic E-state index is 0.0384. The van der Waals surface area contributed by atoms with E-state index in [1.807, 2.05) is 19.2 Å². The third-order valence-electron chi connectivity index (χ3n) is 7.01. The molecule has 0 spiro atoms. The zero-order valence-corrected chi connectivity index (χ0v) is 17.9. The van der Waals surface area contributed by atoms with Gasteiger partial charge in [0.2, 0.25) is 0 Å². The Bertz CT molecular complexity index is 1200. The maximum atomic E-state index is 14.5. The predicted molar refractivity (Wildman–Crippen MR) is 121 cm³/mol. The van der Waals surface area contributed by atoms with Crippen molar-refractivity contribution in [1.29, 1.82) is 0 Å². The standard InChI is InChI=1S/C24H25FN6O/c1-27-19-10-15(25)9-18-17(19)11-20-21(18)22(31-8-4-14(13-31)24(26)5-6-24)30-23(29-20)32-16-3-2-7-28-12-16/h2-3,7,9-10,12,14,27H,4-6,8,11,13,26H2,1H3. The van der Waals surface area contributed by atoms with Crippen molar-refractivity contribution in [3.8, 4) is 22.9 Å². The van der Waals surface area contributed by atoms with Crippen LogP contribution in [0.5, 0.6) is 11.8 Å². The lowest BCUT2D eigenvalue weighted by Crippen LogP contribution is -2.34. The Morgan fingerprint density at radius 2 is 2.16 bits per heavy atom. The molecule has 1 atom stereocenters. The number of benzene rings is 1. The van der Waals surface area contributed by atoms with Crippen LogP contribution in [0.4, 0.5) is 15.9 Å². The molecular weight excluding hydrogens is 407 g/mol. The van der Waals surface area contributed by atoms with Crippen molar-refractivity contribution in [3.63, 3.8) is 0 Å². The summed E-state index contributed by atoms with van der Waals surface area (Å²) in [4.78, 5) is 15.9. The average molecular weight is 433 g/mol. The Morgan fingerprint density at radius 3 is 2.91 bits per heavy atom. The van der Waals surface area contributed by atoms with Gasteiger partial charge in [0.25, 0.3) is 0 Å². The van der Waals surface area contributed by atoms with Crippen LogP contribution in [0, 0.1) is 11.7 Å². The maximum absolute atomic E-state index is 14.5. The van der Waals surface area contributed by atoms with Gasteiger partial charge in [0.05, 0.1) is 11.9 Å². The second-order valence-corrected chi connectivity index (χ2v) is 9.01. The number of nitrogens with one attached hydrogen (secondary N) is 1. The van der Waals surface area contributed by atoms with E-state index in [0.717, 1.165) is 66.2 Å². The molecule has 1 aliphatic heterocycles. The van der Waals surface area contributed by atoms with Crippen LogP contribution in [0.15, 0.2) is 36.7 Å². The Kier molecular flexibility index (Phi) is 4.33. The summed E-state index contributed by atoms with van der Waals surface area (Å²) < 4.78 is 20.4. The molecule has 3 aromatic rings. The average Bonchev–Trinajstić information content (AvgIpc) is 3.21. The second kappa shape index (κ2) is 7.13. The topological polar surface area (TPSA) is 89.2 Å². The SMILES string of the molecule is CNc1cc(F)cc2c1Cc1nc(Oc3cccnc3)nc(N3CCC(C4(N)CC4)C3)c1-2. The number of halogens is 1.